The van der Waals surface area contributed by atoms with Crippen LogP contribution in [-0.2, 0) is 20.2 Å². The van der Waals surface area contributed by atoms with E-state index in [4.69, 9.17) is 0 Å². The smallest absolute Gasteiger partial charge is 0.744 e. The number of carbonyl (C=O) groups excluding carboxylic acids is 1. The Kier molecular flexibility index (Phi) is 9.33. The summed E-state index contributed by atoms with van der Waals surface area (Å²) in [5, 5.41) is 7.48. The Morgan fingerprint density at radius 2 is 0.912 bits per heavy atom. The van der Waals surface area contributed by atoms with Crippen molar-refractivity contribution in [2.75, 3.05) is 10.6 Å². The second-order valence-electron chi connectivity index (χ2n) is 6.93. The molecule has 0 aliphatic carbocycles. The van der Waals surface area contributed by atoms with E-state index < -0.39 is 26.3 Å². The van der Waals surface area contributed by atoms with Crippen molar-refractivity contribution in [3.05, 3.63) is 72.8 Å². The second kappa shape index (κ2) is 11.0. The number of hydrogen-bond acceptors (Lipinski definition) is 7. The van der Waals surface area contributed by atoms with Crippen LogP contribution in [0.5, 0.6) is 0 Å². The molecule has 0 radical (unpaired) electrons. The molecule has 0 saturated carbocycles. The van der Waals surface area contributed by atoms with Crippen molar-refractivity contribution in [1.82, 2.24) is 0 Å². The van der Waals surface area contributed by atoms with Crippen LogP contribution in [0.4, 0.5) is 16.2 Å². The third kappa shape index (κ3) is 6.79. The predicted molar refractivity (Wildman–Crippen MR) is 116 cm³/mol. The molecule has 4 aromatic carbocycles. The number of urea groups is 1. The van der Waals surface area contributed by atoms with Crippen LogP contribution in [0.3, 0.4) is 0 Å². The van der Waals surface area contributed by atoms with Gasteiger partial charge >= 0.3 is 65.1 Å². The number of amides is 2. The van der Waals surface area contributed by atoms with E-state index >= 15 is 0 Å². The summed E-state index contributed by atoms with van der Waals surface area (Å²) in [5.41, 5.74) is 0.715. The zero-order valence-corrected chi connectivity index (χ0v) is 23.7. The van der Waals surface area contributed by atoms with Crippen molar-refractivity contribution in [2.45, 2.75) is 9.79 Å². The fourth-order valence-electron chi connectivity index (χ4n) is 3.21. The number of carbonyl (C=O) groups is 1. The SMILES string of the molecule is O=C(Nc1ccc2ccc(S(=O)(=O)[O-])cc2c1)Nc1ccc2ccc(S(=O)(=O)[O-])cc2c1.[Na+].[Na+]. The molecule has 34 heavy (non-hydrogen) atoms. The molecule has 0 fully saturated rings. The molecular formula is C21H14N2Na2O7S2. The maximum atomic E-state index is 12.4. The van der Waals surface area contributed by atoms with Crippen LogP contribution < -0.4 is 69.7 Å². The van der Waals surface area contributed by atoms with Gasteiger partial charge in [-0.25, -0.2) is 21.6 Å². The van der Waals surface area contributed by atoms with Gasteiger partial charge in [-0.15, -0.1) is 0 Å². The molecule has 4 rings (SSSR count). The largest absolute Gasteiger partial charge is 1.00 e. The van der Waals surface area contributed by atoms with Crippen LogP contribution in [0, 0.1) is 0 Å². The van der Waals surface area contributed by atoms with Gasteiger partial charge in [0.05, 0.1) is 9.79 Å². The predicted octanol–water partition coefficient (Wildman–Crippen LogP) is -2.55. The first kappa shape index (κ1) is 28.7. The van der Waals surface area contributed by atoms with Gasteiger partial charge in [-0.1, -0.05) is 24.3 Å². The average Bonchev–Trinajstić information content (AvgIpc) is 2.71. The van der Waals surface area contributed by atoms with Crippen molar-refractivity contribution in [3.63, 3.8) is 0 Å². The molecule has 0 aromatic heterocycles. The first-order valence-corrected chi connectivity index (χ1v) is 11.9. The fraction of sp³-hybridized carbons (Fsp3) is 0. The van der Waals surface area contributed by atoms with Gasteiger partial charge in [0.15, 0.2) is 0 Å². The summed E-state index contributed by atoms with van der Waals surface area (Å²) in [6.07, 6.45) is 0. The summed E-state index contributed by atoms with van der Waals surface area (Å²) in [5.74, 6) is 0. The van der Waals surface area contributed by atoms with Crippen molar-refractivity contribution in [3.8, 4) is 0 Å². The van der Waals surface area contributed by atoms with E-state index in [-0.39, 0.29) is 68.9 Å². The van der Waals surface area contributed by atoms with E-state index in [1.165, 1.54) is 48.5 Å². The monoisotopic (exact) mass is 516 g/mol. The van der Waals surface area contributed by atoms with Crippen LogP contribution in [0.1, 0.15) is 0 Å². The molecule has 0 bridgehead atoms. The number of fused-ring (bicyclic) bond motifs is 2. The molecule has 2 N–H and O–H groups in total. The van der Waals surface area contributed by atoms with E-state index in [1.807, 2.05) is 0 Å². The fourth-order valence-corrected chi connectivity index (χ4v) is 4.22. The van der Waals surface area contributed by atoms with Gasteiger partial charge in [0.25, 0.3) is 0 Å². The van der Waals surface area contributed by atoms with Gasteiger partial charge in [-0.05, 0) is 70.1 Å². The summed E-state index contributed by atoms with van der Waals surface area (Å²) in [7, 11) is -9.22. The van der Waals surface area contributed by atoms with Crippen molar-refractivity contribution >= 4 is 59.2 Å². The second-order valence-corrected chi connectivity index (χ2v) is 9.69. The molecule has 0 atom stereocenters. The number of nitrogens with one attached hydrogen (secondary N) is 2. The van der Waals surface area contributed by atoms with Gasteiger partial charge in [-0.2, -0.15) is 0 Å². The number of rotatable bonds is 4. The molecule has 164 valence electrons. The third-order valence-corrected chi connectivity index (χ3v) is 6.38. The first-order valence-electron chi connectivity index (χ1n) is 9.06. The Balaban J connectivity index is 0.00000204. The molecule has 0 aliphatic heterocycles. The molecule has 0 saturated heterocycles. The van der Waals surface area contributed by atoms with Crippen molar-refractivity contribution < 1.29 is 89.9 Å². The Morgan fingerprint density at radius 3 is 1.26 bits per heavy atom. The van der Waals surface area contributed by atoms with Gasteiger partial charge in [-0.3, -0.25) is 0 Å². The maximum Gasteiger partial charge on any atom is 1.00 e. The van der Waals surface area contributed by atoms with E-state index in [2.05, 4.69) is 10.6 Å². The molecule has 2 amide bonds. The van der Waals surface area contributed by atoms with E-state index in [9.17, 15) is 30.7 Å². The molecule has 0 heterocycles. The number of benzene rings is 4. The minimum atomic E-state index is -4.61. The minimum absolute atomic E-state index is 0. The maximum absolute atomic E-state index is 12.4. The van der Waals surface area contributed by atoms with Gasteiger partial charge in [0, 0.05) is 11.4 Å². The Hall–Kier alpha value is -1.51. The molecular weight excluding hydrogens is 502 g/mol. The summed E-state index contributed by atoms with van der Waals surface area (Å²) in [6, 6.07) is 16.9. The Labute approximate surface area is 240 Å². The first-order chi connectivity index (χ1) is 15.0. The normalized spacial score (nSPS) is 11.4. The number of anilines is 2. The topological polar surface area (TPSA) is 156 Å². The van der Waals surface area contributed by atoms with Crippen molar-refractivity contribution in [1.29, 1.82) is 0 Å². The molecule has 0 unspecified atom stereocenters. The van der Waals surface area contributed by atoms with E-state index in [1.54, 1.807) is 24.3 Å². The van der Waals surface area contributed by atoms with Gasteiger partial charge in [0.2, 0.25) is 0 Å². The zero-order chi connectivity index (χ0) is 23.1. The molecule has 0 spiro atoms. The molecule has 9 nitrogen and oxygen atoms in total. The summed E-state index contributed by atoms with van der Waals surface area (Å²) < 4.78 is 67.4. The zero-order valence-electron chi connectivity index (χ0n) is 18.1. The minimum Gasteiger partial charge on any atom is -0.744 e. The summed E-state index contributed by atoms with van der Waals surface area (Å²) >= 11 is 0. The summed E-state index contributed by atoms with van der Waals surface area (Å²) in [4.78, 5) is 11.6. The van der Waals surface area contributed by atoms with Crippen LogP contribution in [0.25, 0.3) is 21.5 Å². The van der Waals surface area contributed by atoms with E-state index in [0.29, 0.717) is 32.9 Å². The number of hydrogen-bond donors (Lipinski definition) is 2. The molecule has 4 aromatic rings. The van der Waals surface area contributed by atoms with Crippen LogP contribution in [-0.4, -0.2) is 32.0 Å². The summed E-state index contributed by atoms with van der Waals surface area (Å²) in [6.45, 7) is 0. The van der Waals surface area contributed by atoms with Gasteiger partial charge in [0.1, 0.15) is 20.2 Å². The van der Waals surface area contributed by atoms with Gasteiger partial charge < -0.3 is 19.7 Å². The van der Waals surface area contributed by atoms with Crippen LogP contribution >= 0.6 is 0 Å². The molecule has 13 heteroatoms. The van der Waals surface area contributed by atoms with Crippen LogP contribution in [0.2, 0.25) is 0 Å². The quantitative estimate of drug-likeness (QED) is 0.224. The Morgan fingerprint density at radius 1 is 0.559 bits per heavy atom. The van der Waals surface area contributed by atoms with Crippen LogP contribution in [0.15, 0.2) is 82.6 Å². The molecule has 0 aliphatic rings. The average molecular weight is 516 g/mol. The van der Waals surface area contributed by atoms with E-state index in [0.717, 1.165) is 0 Å². The Bertz CT molecular complexity index is 1490. The standard InChI is InChI=1S/C21H16N2O7S2.2Na/c24-21(22-17-5-1-13-3-7-19(31(25,26)27)11-15(13)9-17)23-18-6-2-14-4-8-20(32(28,29)30)12-16(14)10-18;;/h1-12H,(H2,22,23,24)(H,25,26,27)(H,28,29,30);;/q;2*+1/p-2. The third-order valence-electron chi connectivity index (χ3n) is 4.72. The van der Waals surface area contributed by atoms with Crippen molar-refractivity contribution in [2.24, 2.45) is 0 Å².